The number of pyridine rings is 1. The lowest BCUT2D eigenvalue weighted by atomic mass is 10.1. The number of carbonyl (C=O) groups is 1. The number of amides is 1. The van der Waals surface area contributed by atoms with E-state index in [1.54, 1.807) is 18.3 Å². The van der Waals surface area contributed by atoms with Crippen LogP contribution in [0.4, 0.5) is 10.8 Å². The highest BCUT2D eigenvalue weighted by Gasteiger charge is 2.30. The number of nitro benzene ring substituents is 1. The standard InChI is InChI=1S/C24H22N4O5S/c1-14-8-9-21-22(15(14)2)26-24(34-21)27(13-16-7-5-6-10-25-16)23(29)17-11-19(32-3)20(33-4)12-18(17)28(30)31/h5-12H,13H2,1-4H3. The first-order valence-corrected chi connectivity index (χ1v) is 11.1. The molecule has 0 unspecified atom stereocenters. The number of methoxy groups -OCH3 is 2. The molecule has 0 radical (unpaired) electrons. The van der Waals surface area contributed by atoms with Crippen molar-refractivity contribution in [1.29, 1.82) is 0 Å². The van der Waals surface area contributed by atoms with E-state index in [4.69, 9.17) is 14.5 Å². The van der Waals surface area contributed by atoms with Gasteiger partial charge in [0, 0.05) is 12.3 Å². The number of benzene rings is 2. The molecular weight excluding hydrogens is 456 g/mol. The normalized spacial score (nSPS) is 10.8. The fourth-order valence-corrected chi connectivity index (χ4v) is 4.57. The second-order valence-electron chi connectivity index (χ2n) is 7.54. The van der Waals surface area contributed by atoms with Crippen LogP contribution < -0.4 is 14.4 Å². The maximum Gasteiger partial charge on any atom is 0.286 e. The summed E-state index contributed by atoms with van der Waals surface area (Å²) in [7, 11) is 2.78. The lowest BCUT2D eigenvalue weighted by molar-refractivity contribution is -0.385. The Morgan fingerprint density at radius 2 is 1.85 bits per heavy atom. The molecule has 0 aliphatic rings. The van der Waals surface area contributed by atoms with E-state index in [1.807, 2.05) is 32.0 Å². The van der Waals surface area contributed by atoms with Gasteiger partial charge in [0.25, 0.3) is 11.6 Å². The van der Waals surface area contributed by atoms with E-state index in [9.17, 15) is 14.9 Å². The molecule has 0 spiro atoms. The third-order valence-corrected chi connectivity index (χ3v) is 6.57. The number of hydrogen-bond donors (Lipinski definition) is 0. The van der Waals surface area contributed by atoms with E-state index >= 15 is 0 Å². The highest BCUT2D eigenvalue weighted by molar-refractivity contribution is 7.22. The van der Waals surface area contributed by atoms with Crippen LogP contribution in [0.5, 0.6) is 11.5 Å². The first kappa shape index (κ1) is 23.1. The summed E-state index contributed by atoms with van der Waals surface area (Å²) in [6.45, 7) is 4.06. The Morgan fingerprint density at radius 3 is 2.50 bits per heavy atom. The predicted molar refractivity (Wildman–Crippen MR) is 130 cm³/mol. The van der Waals surface area contributed by atoms with Crippen LogP contribution in [0.1, 0.15) is 27.2 Å². The average molecular weight is 479 g/mol. The van der Waals surface area contributed by atoms with Crippen molar-refractivity contribution in [1.82, 2.24) is 9.97 Å². The van der Waals surface area contributed by atoms with E-state index in [0.29, 0.717) is 10.8 Å². The number of rotatable bonds is 7. The molecule has 0 atom stereocenters. The number of nitro groups is 1. The second kappa shape index (κ2) is 9.44. The van der Waals surface area contributed by atoms with Crippen LogP contribution in [0.3, 0.4) is 0 Å². The molecule has 34 heavy (non-hydrogen) atoms. The summed E-state index contributed by atoms with van der Waals surface area (Å²) in [5.41, 5.74) is 2.99. The van der Waals surface area contributed by atoms with Gasteiger partial charge in [0.2, 0.25) is 0 Å². The molecule has 4 rings (SSSR count). The van der Waals surface area contributed by atoms with Crippen molar-refractivity contribution in [3.63, 3.8) is 0 Å². The third-order valence-electron chi connectivity index (χ3n) is 5.52. The summed E-state index contributed by atoms with van der Waals surface area (Å²) in [6, 6.07) is 11.9. The van der Waals surface area contributed by atoms with Crippen LogP contribution >= 0.6 is 11.3 Å². The van der Waals surface area contributed by atoms with E-state index in [2.05, 4.69) is 4.98 Å². The summed E-state index contributed by atoms with van der Waals surface area (Å²) < 4.78 is 11.4. The molecule has 0 aliphatic heterocycles. The molecule has 2 heterocycles. The first-order valence-electron chi connectivity index (χ1n) is 10.3. The highest BCUT2D eigenvalue weighted by atomic mass is 32.1. The smallest absolute Gasteiger partial charge is 0.286 e. The van der Waals surface area contributed by atoms with Crippen molar-refractivity contribution < 1.29 is 19.2 Å². The number of fused-ring (bicyclic) bond motifs is 1. The predicted octanol–water partition coefficient (Wildman–Crippen LogP) is 5.08. The second-order valence-corrected chi connectivity index (χ2v) is 8.55. The van der Waals surface area contributed by atoms with Gasteiger partial charge in [-0.2, -0.15) is 0 Å². The number of anilines is 1. The van der Waals surface area contributed by atoms with Crippen molar-refractivity contribution in [2.24, 2.45) is 0 Å². The molecule has 0 saturated heterocycles. The van der Waals surface area contributed by atoms with Gasteiger partial charge in [-0.15, -0.1) is 0 Å². The molecule has 174 valence electrons. The molecule has 0 aliphatic carbocycles. The summed E-state index contributed by atoms with van der Waals surface area (Å²) in [6.07, 6.45) is 1.63. The van der Waals surface area contributed by atoms with Gasteiger partial charge in [-0.1, -0.05) is 23.5 Å². The zero-order chi connectivity index (χ0) is 24.4. The van der Waals surface area contributed by atoms with Gasteiger partial charge >= 0.3 is 0 Å². The molecule has 0 bridgehead atoms. The van der Waals surface area contributed by atoms with E-state index < -0.39 is 10.8 Å². The van der Waals surface area contributed by atoms with Gasteiger partial charge in [-0.05, 0) is 43.2 Å². The van der Waals surface area contributed by atoms with Crippen LogP contribution in [0.15, 0.2) is 48.7 Å². The SMILES string of the molecule is COc1cc(C(=O)N(Cc2ccccn2)c2nc3c(C)c(C)ccc3s2)c([N+](=O)[O-])cc1OC. The maximum absolute atomic E-state index is 13.8. The van der Waals surface area contributed by atoms with Gasteiger partial charge in [0.15, 0.2) is 16.6 Å². The van der Waals surface area contributed by atoms with Gasteiger partial charge in [-0.3, -0.25) is 24.8 Å². The van der Waals surface area contributed by atoms with Crippen molar-refractivity contribution in [2.45, 2.75) is 20.4 Å². The Hall–Kier alpha value is -4.05. The van der Waals surface area contributed by atoms with Crippen molar-refractivity contribution in [3.05, 3.63) is 81.2 Å². The van der Waals surface area contributed by atoms with Gasteiger partial charge in [0.1, 0.15) is 5.56 Å². The summed E-state index contributed by atoms with van der Waals surface area (Å²) in [5.74, 6) is -0.218. The molecule has 0 N–H and O–H groups in total. The van der Waals surface area contributed by atoms with Crippen LogP contribution in [0.2, 0.25) is 0 Å². The first-order chi connectivity index (χ1) is 16.3. The number of ether oxygens (including phenoxy) is 2. The number of aromatic nitrogens is 2. The van der Waals surface area contributed by atoms with Crippen LogP contribution in [-0.4, -0.2) is 35.0 Å². The third kappa shape index (κ3) is 4.27. The number of carbonyl (C=O) groups excluding carboxylic acids is 1. The average Bonchev–Trinajstić information content (AvgIpc) is 3.29. The van der Waals surface area contributed by atoms with Crippen molar-refractivity contribution in [2.75, 3.05) is 19.1 Å². The lowest BCUT2D eigenvalue weighted by Crippen LogP contribution is -2.31. The zero-order valence-corrected chi connectivity index (χ0v) is 19.9. The van der Waals surface area contributed by atoms with Crippen molar-refractivity contribution in [3.8, 4) is 11.5 Å². The molecule has 2 aromatic heterocycles. The summed E-state index contributed by atoms with van der Waals surface area (Å²) in [5, 5.41) is 12.3. The number of thiazole rings is 1. The van der Waals surface area contributed by atoms with E-state index in [0.717, 1.165) is 21.3 Å². The molecule has 2 aromatic carbocycles. The van der Waals surface area contributed by atoms with Gasteiger partial charge in [0.05, 0.1) is 47.7 Å². The zero-order valence-electron chi connectivity index (χ0n) is 19.1. The minimum absolute atomic E-state index is 0.0863. The lowest BCUT2D eigenvalue weighted by Gasteiger charge is -2.20. The number of aryl methyl sites for hydroxylation is 2. The van der Waals surface area contributed by atoms with Crippen LogP contribution in [-0.2, 0) is 6.54 Å². The molecule has 4 aromatic rings. The van der Waals surface area contributed by atoms with Gasteiger partial charge < -0.3 is 9.47 Å². The molecule has 0 fully saturated rings. The van der Waals surface area contributed by atoms with Crippen LogP contribution in [0.25, 0.3) is 10.2 Å². The van der Waals surface area contributed by atoms with E-state index in [-0.39, 0.29) is 29.3 Å². The van der Waals surface area contributed by atoms with Crippen molar-refractivity contribution >= 4 is 38.3 Å². The molecule has 9 nitrogen and oxygen atoms in total. The quantitative estimate of drug-likeness (QED) is 0.269. The Kier molecular flexibility index (Phi) is 6.42. The molecule has 1 amide bonds. The fourth-order valence-electron chi connectivity index (χ4n) is 3.55. The minimum Gasteiger partial charge on any atom is -0.493 e. The largest absolute Gasteiger partial charge is 0.493 e. The molecule has 10 heteroatoms. The topological polar surface area (TPSA) is 108 Å². The summed E-state index contributed by atoms with van der Waals surface area (Å²) in [4.78, 5) is 35.6. The molecular formula is C24H22N4O5S. The highest BCUT2D eigenvalue weighted by Crippen LogP contribution is 2.38. The molecule has 0 saturated carbocycles. The minimum atomic E-state index is -0.611. The fraction of sp³-hybridized carbons (Fsp3) is 0.208. The Balaban J connectivity index is 1.89. The maximum atomic E-state index is 13.8. The van der Waals surface area contributed by atoms with E-state index in [1.165, 1.54) is 42.6 Å². The summed E-state index contributed by atoms with van der Waals surface area (Å²) >= 11 is 1.34. The monoisotopic (exact) mass is 478 g/mol. The Bertz CT molecular complexity index is 1390. The Labute approximate surface area is 199 Å². The Morgan fingerprint density at radius 1 is 1.12 bits per heavy atom. The number of nitrogens with zero attached hydrogens (tertiary/aromatic N) is 4. The van der Waals surface area contributed by atoms with Crippen LogP contribution in [0, 0.1) is 24.0 Å². The van der Waals surface area contributed by atoms with Gasteiger partial charge in [-0.25, -0.2) is 4.98 Å². The number of hydrogen-bond acceptors (Lipinski definition) is 8.